The van der Waals surface area contributed by atoms with E-state index in [1.54, 1.807) is 0 Å². The minimum Gasteiger partial charge on any atom is -0.340 e. The molecule has 1 saturated heterocycles. The molecule has 1 fully saturated rings. The highest BCUT2D eigenvalue weighted by Crippen LogP contribution is 2.13. The maximum atomic E-state index is 11.8. The van der Waals surface area contributed by atoms with Crippen LogP contribution in [0.15, 0.2) is 4.99 Å². The van der Waals surface area contributed by atoms with Crippen LogP contribution in [-0.4, -0.2) is 75.1 Å². The molecule has 0 atom stereocenters. The molecule has 7 heteroatoms. The van der Waals surface area contributed by atoms with Crippen LogP contribution < -0.4 is 4.90 Å². The van der Waals surface area contributed by atoms with Crippen LogP contribution in [-0.2, 0) is 9.59 Å². The van der Waals surface area contributed by atoms with Crippen molar-refractivity contribution in [2.75, 3.05) is 41.3 Å². The molecule has 0 bridgehead atoms. The van der Waals surface area contributed by atoms with E-state index in [-0.39, 0.29) is 0 Å². The second kappa shape index (κ2) is 6.42. The Labute approximate surface area is 112 Å². The van der Waals surface area contributed by atoms with Crippen molar-refractivity contribution in [3.05, 3.63) is 0 Å². The number of urea groups is 1. The number of hydrogen-bond donors (Lipinski definition) is 1. The highest BCUT2D eigenvalue weighted by Gasteiger charge is 2.41. The summed E-state index contributed by atoms with van der Waals surface area (Å²) in [6.45, 7) is 1.55. The highest BCUT2D eigenvalue weighted by molar-refractivity contribution is 6.23. The van der Waals surface area contributed by atoms with E-state index >= 15 is 0 Å². The number of rotatable bonds is 5. The average Bonchev–Trinajstić information content (AvgIpc) is 2.37. The molecular weight excluding hydrogens is 248 g/mol. The number of nitrogens with zero attached hydrogens (tertiary/aromatic N) is 3. The summed E-state index contributed by atoms with van der Waals surface area (Å²) < 4.78 is 0. The minimum atomic E-state index is -0.973. The summed E-state index contributed by atoms with van der Waals surface area (Å²) >= 11 is 0. The van der Waals surface area contributed by atoms with Gasteiger partial charge >= 0.3 is 6.03 Å². The lowest BCUT2D eigenvalue weighted by Crippen LogP contribution is -3.05. The lowest BCUT2D eigenvalue weighted by Gasteiger charge is -2.31. The second-order valence-corrected chi connectivity index (χ2v) is 4.92. The molecule has 0 aromatic carbocycles. The molecule has 0 spiro atoms. The molecule has 1 N–H and O–H groups in total. The summed E-state index contributed by atoms with van der Waals surface area (Å²) in [6, 6.07) is -0.601. The number of aliphatic imine (C=N–C) groups is 1. The summed E-state index contributed by atoms with van der Waals surface area (Å²) in [7, 11) is 6.83. The molecule has 1 aliphatic heterocycles. The zero-order valence-electron chi connectivity index (χ0n) is 11.8. The van der Waals surface area contributed by atoms with Crippen LogP contribution in [0.1, 0.15) is 6.42 Å². The number of imide groups is 2. The summed E-state index contributed by atoms with van der Waals surface area (Å²) in [5.74, 6) is -2.01. The second-order valence-electron chi connectivity index (χ2n) is 4.92. The number of carbonyl (C=O) groups is 3. The number of quaternary nitrogens is 1. The lowest BCUT2D eigenvalue weighted by atomic mass is 10.1. The Hall–Kier alpha value is -1.76. The Morgan fingerprint density at radius 1 is 1.16 bits per heavy atom. The van der Waals surface area contributed by atoms with Gasteiger partial charge in [-0.15, -0.1) is 0 Å². The maximum absolute atomic E-state index is 11.8. The van der Waals surface area contributed by atoms with Crippen LogP contribution in [0.25, 0.3) is 0 Å². The molecule has 0 unspecified atom stereocenters. The van der Waals surface area contributed by atoms with E-state index in [2.05, 4.69) is 4.99 Å². The van der Waals surface area contributed by atoms with E-state index < -0.39 is 23.8 Å². The maximum Gasteiger partial charge on any atom is 0.332 e. The van der Waals surface area contributed by atoms with Gasteiger partial charge in [0.15, 0.2) is 5.92 Å². The van der Waals surface area contributed by atoms with Crippen LogP contribution in [0.4, 0.5) is 4.79 Å². The molecule has 4 amide bonds. The van der Waals surface area contributed by atoms with Gasteiger partial charge in [0, 0.05) is 33.3 Å². The van der Waals surface area contributed by atoms with Gasteiger partial charge in [-0.3, -0.25) is 24.4 Å². The van der Waals surface area contributed by atoms with Crippen molar-refractivity contribution in [3.8, 4) is 0 Å². The predicted octanol–water partition coefficient (Wildman–Crippen LogP) is -1.74. The third-order valence-corrected chi connectivity index (χ3v) is 2.99. The third kappa shape index (κ3) is 3.60. The van der Waals surface area contributed by atoms with E-state index in [0.717, 1.165) is 22.8 Å². The van der Waals surface area contributed by atoms with Gasteiger partial charge in [0.05, 0.1) is 20.6 Å². The van der Waals surface area contributed by atoms with Gasteiger partial charge in [0.25, 0.3) is 0 Å². The molecule has 19 heavy (non-hydrogen) atoms. The zero-order valence-corrected chi connectivity index (χ0v) is 11.8. The van der Waals surface area contributed by atoms with Gasteiger partial charge in [-0.2, -0.15) is 0 Å². The van der Waals surface area contributed by atoms with Crippen molar-refractivity contribution >= 4 is 24.1 Å². The number of barbiturate groups is 1. The van der Waals surface area contributed by atoms with Crippen molar-refractivity contribution in [1.82, 2.24) is 9.80 Å². The molecule has 106 valence electrons. The smallest absolute Gasteiger partial charge is 0.332 e. The Balaban J connectivity index is 2.61. The quantitative estimate of drug-likeness (QED) is 0.366. The molecule has 0 aromatic heterocycles. The number of carbonyl (C=O) groups excluding carboxylic acids is 3. The van der Waals surface area contributed by atoms with Gasteiger partial charge in [-0.05, 0) is 0 Å². The van der Waals surface area contributed by atoms with Crippen LogP contribution in [0, 0.1) is 5.92 Å². The summed E-state index contributed by atoms with van der Waals surface area (Å²) in [5.41, 5.74) is 0. The number of nitrogens with one attached hydrogen (secondary N) is 1. The van der Waals surface area contributed by atoms with E-state index in [1.807, 2.05) is 14.1 Å². The van der Waals surface area contributed by atoms with E-state index in [4.69, 9.17) is 0 Å². The first-order chi connectivity index (χ1) is 8.86. The largest absolute Gasteiger partial charge is 0.340 e. The Kier molecular flexibility index (Phi) is 5.17. The van der Waals surface area contributed by atoms with Crippen molar-refractivity contribution < 1.29 is 19.3 Å². The molecular formula is C12H21N4O3+. The normalized spacial score (nSPS) is 18.3. The fourth-order valence-electron chi connectivity index (χ4n) is 1.77. The van der Waals surface area contributed by atoms with Crippen LogP contribution in [0.3, 0.4) is 0 Å². The Morgan fingerprint density at radius 2 is 1.68 bits per heavy atom. The SMILES string of the molecule is CN1C(=O)C(C=NCCC[NH+](C)C)C(=O)N(C)C1=O. The first-order valence-corrected chi connectivity index (χ1v) is 6.24. The van der Waals surface area contributed by atoms with Crippen molar-refractivity contribution in [2.45, 2.75) is 6.42 Å². The first-order valence-electron chi connectivity index (χ1n) is 6.24. The minimum absolute atomic E-state index is 0.518. The number of amides is 4. The van der Waals surface area contributed by atoms with Gasteiger partial charge in [0.2, 0.25) is 11.8 Å². The van der Waals surface area contributed by atoms with Gasteiger partial charge in [0.1, 0.15) is 0 Å². The van der Waals surface area contributed by atoms with Crippen molar-refractivity contribution in [1.29, 1.82) is 0 Å². The molecule has 7 nitrogen and oxygen atoms in total. The van der Waals surface area contributed by atoms with Crippen LogP contribution in [0.5, 0.6) is 0 Å². The third-order valence-electron chi connectivity index (χ3n) is 2.99. The summed E-state index contributed by atoms with van der Waals surface area (Å²) in [4.78, 5) is 42.5. The fourth-order valence-corrected chi connectivity index (χ4v) is 1.77. The Bertz CT molecular complexity index is 382. The van der Waals surface area contributed by atoms with Crippen LogP contribution in [0.2, 0.25) is 0 Å². The standard InChI is InChI=1S/C12H20N4O3/c1-14(2)7-5-6-13-8-9-10(17)15(3)12(19)16(4)11(9)18/h8-9H,5-7H2,1-4H3/p+1. The molecule has 0 saturated carbocycles. The lowest BCUT2D eigenvalue weighted by molar-refractivity contribution is -0.858. The van der Waals surface area contributed by atoms with Crippen LogP contribution >= 0.6 is 0 Å². The van der Waals surface area contributed by atoms with E-state index in [1.165, 1.54) is 25.2 Å². The van der Waals surface area contributed by atoms with Crippen molar-refractivity contribution in [2.24, 2.45) is 10.9 Å². The predicted molar refractivity (Wildman–Crippen MR) is 70.1 cm³/mol. The van der Waals surface area contributed by atoms with E-state index in [9.17, 15) is 14.4 Å². The van der Waals surface area contributed by atoms with E-state index in [0.29, 0.717) is 6.54 Å². The first kappa shape index (κ1) is 15.3. The molecule has 0 aromatic rings. The average molecular weight is 269 g/mol. The topological polar surface area (TPSA) is 74.5 Å². The molecule has 1 heterocycles. The van der Waals surface area contributed by atoms with Gasteiger partial charge in [-0.25, -0.2) is 4.79 Å². The fraction of sp³-hybridized carbons (Fsp3) is 0.667. The molecule has 1 rings (SSSR count). The molecule has 1 aliphatic rings. The number of hydrogen-bond acceptors (Lipinski definition) is 4. The van der Waals surface area contributed by atoms with Gasteiger partial charge in [-0.1, -0.05) is 0 Å². The zero-order chi connectivity index (χ0) is 14.6. The monoisotopic (exact) mass is 269 g/mol. The molecule has 0 radical (unpaired) electrons. The summed E-state index contributed by atoms with van der Waals surface area (Å²) in [5, 5.41) is 0. The summed E-state index contributed by atoms with van der Waals surface area (Å²) in [6.07, 6.45) is 2.24. The van der Waals surface area contributed by atoms with Gasteiger partial charge < -0.3 is 4.90 Å². The molecule has 0 aliphatic carbocycles. The highest BCUT2D eigenvalue weighted by atomic mass is 16.2. The van der Waals surface area contributed by atoms with Crippen molar-refractivity contribution in [3.63, 3.8) is 0 Å². The Morgan fingerprint density at radius 3 is 2.16 bits per heavy atom.